The maximum absolute atomic E-state index is 5.15. The van der Waals surface area contributed by atoms with Gasteiger partial charge in [0.2, 0.25) is 0 Å². The Balaban J connectivity index is 3.46. The summed E-state index contributed by atoms with van der Waals surface area (Å²) in [7, 11) is 5.15. The van der Waals surface area contributed by atoms with Gasteiger partial charge in [0, 0.05) is 0 Å². The molecule has 0 saturated heterocycles. The van der Waals surface area contributed by atoms with Crippen molar-refractivity contribution in [2.45, 2.75) is 0 Å². The van der Waals surface area contributed by atoms with E-state index in [2.05, 4.69) is 13.2 Å². The maximum Gasteiger partial charge on any atom is 0.112 e. The van der Waals surface area contributed by atoms with E-state index in [4.69, 9.17) is 7.85 Å². The Morgan fingerprint density at radius 1 is 1.57 bits per heavy atom. The fourth-order valence-electron chi connectivity index (χ4n) is 0.192. The normalized spacial score (nSPS) is 9.14. The molecular formula is C6H7B. The van der Waals surface area contributed by atoms with Gasteiger partial charge in [-0.05, 0) is 0 Å². The Kier molecular flexibility index (Phi) is 3.12. The van der Waals surface area contributed by atoms with Crippen LogP contribution in [0.2, 0.25) is 0 Å². The van der Waals surface area contributed by atoms with Crippen molar-refractivity contribution in [3.63, 3.8) is 0 Å². The Morgan fingerprint density at radius 2 is 2.14 bits per heavy atom. The minimum atomic E-state index is 0.555. The lowest BCUT2D eigenvalue weighted by atomic mass is 9.98. The Morgan fingerprint density at radius 3 is 2.29 bits per heavy atom. The summed E-state index contributed by atoms with van der Waals surface area (Å²) in [5.74, 6) is 0. The van der Waals surface area contributed by atoms with Gasteiger partial charge in [0.05, 0.1) is 0 Å². The predicted octanol–water partition coefficient (Wildman–Crippen LogP) is 1.41. The first kappa shape index (κ1) is 6.28. The Hall–Kier alpha value is -0.715. The molecule has 0 fully saturated rings. The molecule has 1 heteroatoms. The number of rotatable bonds is 2. The van der Waals surface area contributed by atoms with Crippen LogP contribution in [0.1, 0.15) is 0 Å². The van der Waals surface area contributed by atoms with Gasteiger partial charge in [0.1, 0.15) is 7.85 Å². The first-order valence-corrected chi connectivity index (χ1v) is 2.01. The van der Waals surface area contributed by atoms with Crippen LogP contribution in [0.15, 0.2) is 36.9 Å². The standard InChI is InChI=1S/C6H7B/c1-3-4-5-6(2)7/h3-5H,1-2H2. The highest BCUT2D eigenvalue weighted by atomic mass is 13.6. The Labute approximate surface area is 45.6 Å². The summed E-state index contributed by atoms with van der Waals surface area (Å²) in [6.45, 7) is 6.88. The smallest absolute Gasteiger partial charge is 0.106 e. The van der Waals surface area contributed by atoms with Gasteiger partial charge in [-0.1, -0.05) is 24.8 Å². The third-order valence-electron chi connectivity index (χ3n) is 0.446. The topological polar surface area (TPSA) is 0 Å². The zero-order chi connectivity index (χ0) is 5.70. The quantitative estimate of drug-likeness (QED) is 0.355. The van der Waals surface area contributed by atoms with Crippen molar-refractivity contribution in [1.82, 2.24) is 0 Å². The van der Waals surface area contributed by atoms with Crippen LogP contribution < -0.4 is 0 Å². The minimum absolute atomic E-state index is 0.555. The molecule has 0 spiro atoms. The molecule has 0 heterocycles. The van der Waals surface area contributed by atoms with E-state index in [0.29, 0.717) is 5.47 Å². The third-order valence-corrected chi connectivity index (χ3v) is 0.446. The molecule has 2 radical (unpaired) electrons. The van der Waals surface area contributed by atoms with Gasteiger partial charge in [0.15, 0.2) is 0 Å². The molecule has 0 aliphatic rings. The van der Waals surface area contributed by atoms with Crippen molar-refractivity contribution in [3.8, 4) is 0 Å². The van der Waals surface area contributed by atoms with Crippen LogP contribution in [-0.4, -0.2) is 7.85 Å². The molecule has 0 rings (SSSR count). The van der Waals surface area contributed by atoms with Gasteiger partial charge in [0.25, 0.3) is 0 Å². The molecule has 34 valence electrons. The van der Waals surface area contributed by atoms with Crippen molar-refractivity contribution < 1.29 is 0 Å². The SMILES string of the molecule is [B]C(=C)C=CC=C. The first-order chi connectivity index (χ1) is 3.27. The van der Waals surface area contributed by atoms with Crippen molar-refractivity contribution in [1.29, 1.82) is 0 Å². The first-order valence-electron chi connectivity index (χ1n) is 2.01. The lowest BCUT2D eigenvalue weighted by molar-refractivity contribution is 1.92. The second kappa shape index (κ2) is 3.47. The highest BCUT2D eigenvalue weighted by Gasteiger charge is 1.65. The molecule has 0 bridgehead atoms. The van der Waals surface area contributed by atoms with E-state index in [1.165, 1.54) is 0 Å². The summed E-state index contributed by atoms with van der Waals surface area (Å²) in [4.78, 5) is 0. The molecule has 0 nitrogen and oxygen atoms in total. The zero-order valence-corrected chi connectivity index (χ0v) is 4.22. The summed E-state index contributed by atoms with van der Waals surface area (Å²) >= 11 is 0. The summed E-state index contributed by atoms with van der Waals surface area (Å²) < 4.78 is 0. The monoisotopic (exact) mass is 90.1 g/mol. The van der Waals surface area contributed by atoms with Crippen molar-refractivity contribution in [3.05, 3.63) is 36.9 Å². The molecule has 7 heavy (non-hydrogen) atoms. The molecule has 0 aliphatic heterocycles. The molecule has 0 atom stereocenters. The molecule has 0 aromatic rings. The van der Waals surface area contributed by atoms with E-state index in [0.717, 1.165) is 0 Å². The summed E-state index contributed by atoms with van der Waals surface area (Å²) in [5.41, 5.74) is 0.555. The average molecular weight is 89.9 g/mol. The summed E-state index contributed by atoms with van der Waals surface area (Å²) in [6.07, 6.45) is 5.08. The van der Waals surface area contributed by atoms with Crippen molar-refractivity contribution >= 4 is 7.85 Å². The van der Waals surface area contributed by atoms with Crippen molar-refractivity contribution in [2.75, 3.05) is 0 Å². The lowest BCUT2D eigenvalue weighted by Crippen LogP contribution is -1.64. The second-order valence-corrected chi connectivity index (χ2v) is 1.17. The highest BCUT2D eigenvalue weighted by molar-refractivity contribution is 6.23. The van der Waals surface area contributed by atoms with E-state index in [-0.39, 0.29) is 0 Å². The summed E-state index contributed by atoms with van der Waals surface area (Å²) in [6, 6.07) is 0. The lowest BCUT2D eigenvalue weighted by Gasteiger charge is -1.77. The zero-order valence-electron chi connectivity index (χ0n) is 4.22. The molecule has 0 aromatic carbocycles. The van der Waals surface area contributed by atoms with Gasteiger partial charge in [-0.15, -0.1) is 12.1 Å². The number of allylic oxidation sites excluding steroid dienone is 4. The van der Waals surface area contributed by atoms with Crippen LogP contribution in [0.5, 0.6) is 0 Å². The van der Waals surface area contributed by atoms with E-state index < -0.39 is 0 Å². The number of hydrogen-bond acceptors (Lipinski definition) is 0. The van der Waals surface area contributed by atoms with Gasteiger partial charge in [-0.2, -0.15) is 0 Å². The molecule has 0 aliphatic carbocycles. The minimum Gasteiger partial charge on any atom is -0.106 e. The largest absolute Gasteiger partial charge is 0.112 e. The second-order valence-electron chi connectivity index (χ2n) is 1.17. The maximum atomic E-state index is 5.15. The summed E-state index contributed by atoms with van der Waals surface area (Å²) in [5, 5.41) is 0. The fraction of sp³-hybridized carbons (Fsp3) is 0. The van der Waals surface area contributed by atoms with Crippen molar-refractivity contribution in [2.24, 2.45) is 0 Å². The molecule has 0 amide bonds. The molecule has 0 unspecified atom stereocenters. The van der Waals surface area contributed by atoms with E-state index in [9.17, 15) is 0 Å². The van der Waals surface area contributed by atoms with Gasteiger partial charge in [-0.3, -0.25) is 0 Å². The van der Waals surface area contributed by atoms with E-state index >= 15 is 0 Å². The number of hydrogen-bond donors (Lipinski definition) is 0. The molecule has 0 saturated carbocycles. The van der Waals surface area contributed by atoms with Gasteiger partial charge in [-0.25, -0.2) is 0 Å². The van der Waals surface area contributed by atoms with E-state index in [1.807, 2.05) is 0 Å². The molecule has 0 aromatic heterocycles. The van der Waals surface area contributed by atoms with Crippen LogP contribution in [0, 0.1) is 0 Å². The fourth-order valence-corrected chi connectivity index (χ4v) is 0.192. The average Bonchev–Trinajstić information content (AvgIpc) is 1.61. The van der Waals surface area contributed by atoms with Crippen LogP contribution in [0.3, 0.4) is 0 Å². The Bertz CT molecular complexity index is 101. The molecule has 0 N–H and O–H groups in total. The van der Waals surface area contributed by atoms with Crippen LogP contribution in [-0.2, 0) is 0 Å². The van der Waals surface area contributed by atoms with E-state index in [1.54, 1.807) is 18.2 Å². The van der Waals surface area contributed by atoms with Crippen LogP contribution in [0.4, 0.5) is 0 Å². The van der Waals surface area contributed by atoms with Gasteiger partial charge < -0.3 is 0 Å². The third kappa shape index (κ3) is 5.28. The molecular weight excluding hydrogens is 82.9 g/mol. The highest BCUT2D eigenvalue weighted by Crippen LogP contribution is 1.81. The predicted molar refractivity (Wildman–Crippen MR) is 34.2 cm³/mol. The van der Waals surface area contributed by atoms with Crippen LogP contribution in [0.25, 0.3) is 0 Å². The van der Waals surface area contributed by atoms with Gasteiger partial charge >= 0.3 is 0 Å². The van der Waals surface area contributed by atoms with Crippen LogP contribution >= 0.6 is 0 Å².